The van der Waals surface area contributed by atoms with Crippen LogP contribution < -0.4 is 16.8 Å². The minimum Gasteiger partial charge on any atom is -0.398 e. The van der Waals surface area contributed by atoms with E-state index in [1.54, 1.807) is 0 Å². The van der Waals surface area contributed by atoms with Crippen molar-refractivity contribution in [3.63, 3.8) is 0 Å². The van der Waals surface area contributed by atoms with Crippen molar-refractivity contribution >= 4 is 49.9 Å². The Morgan fingerprint density at radius 2 is 1.38 bits per heavy atom. The molecular formula is C41H36N4. The molecule has 0 saturated carbocycles. The molecular weight excluding hydrogens is 548 g/mol. The second-order valence-electron chi connectivity index (χ2n) is 11.3. The van der Waals surface area contributed by atoms with Crippen molar-refractivity contribution in [2.75, 3.05) is 0 Å². The summed E-state index contributed by atoms with van der Waals surface area (Å²) in [4.78, 5) is 0. The predicted molar refractivity (Wildman–Crippen MR) is 192 cm³/mol. The van der Waals surface area contributed by atoms with Crippen LogP contribution in [0.1, 0.15) is 35.2 Å². The number of fused-ring (bicyclic) bond motifs is 6. The molecule has 0 spiro atoms. The summed E-state index contributed by atoms with van der Waals surface area (Å²) in [6.07, 6.45) is 18.4. The van der Waals surface area contributed by atoms with Crippen molar-refractivity contribution in [2.45, 2.75) is 19.4 Å². The highest BCUT2D eigenvalue weighted by atomic mass is 15.0. The smallest absolute Gasteiger partial charge is 0.0538 e. The first kappa shape index (κ1) is 28.1. The zero-order valence-corrected chi connectivity index (χ0v) is 25.2. The summed E-state index contributed by atoms with van der Waals surface area (Å²) < 4.78 is 2.32. The number of hydrogen-bond donors (Lipinski definition) is 3. The molecule has 0 bridgehead atoms. The largest absolute Gasteiger partial charge is 0.398 e. The number of hydrogen-bond acceptors (Lipinski definition) is 3. The number of nitrogens with two attached hydrogens (primary N) is 2. The lowest BCUT2D eigenvalue weighted by atomic mass is 9.95. The average Bonchev–Trinajstić information content (AvgIpc) is 3.43. The molecule has 5 N–H and O–H groups in total. The van der Waals surface area contributed by atoms with E-state index in [2.05, 4.69) is 137 Å². The van der Waals surface area contributed by atoms with Crippen LogP contribution in [-0.4, -0.2) is 4.57 Å². The lowest BCUT2D eigenvalue weighted by Crippen LogP contribution is -2.11. The fourth-order valence-electron chi connectivity index (χ4n) is 6.30. The fourth-order valence-corrected chi connectivity index (χ4v) is 6.30. The van der Waals surface area contributed by atoms with Gasteiger partial charge in [0.05, 0.1) is 11.2 Å². The number of aromatic nitrogens is 1. The molecule has 0 amide bonds. The van der Waals surface area contributed by atoms with E-state index in [0.717, 1.165) is 47.6 Å². The molecule has 4 nitrogen and oxygen atoms in total. The van der Waals surface area contributed by atoms with Crippen LogP contribution in [0.5, 0.6) is 0 Å². The Balaban J connectivity index is 1.02. The van der Waals surface area contributed by atoms with Gasteiger partial charge in [0.15, 0.2) is 0 Å². The van der Waals surface area contributed by atoms with Gasteiger partial charge < -0.3 is 21.4 Å². The molecule has 0 atom stereocenters. The SMILES string of the molecule is N/C(=C\C=C/CC/C=C\C=C(/N)c1cc2ccccc2c2ccccc12)c1cccc(-n2c3c(c4ccccc42)CNC=C3)c1. The van der Waals surface area contributed by atoms with Gasteiger partial charge in [0.25, 0.3) is 0 Å². The molecule has 4 heteroatoms. The second kappa shape index (κ2) is 12.5. The molecule has 0 unspecified atom stereocenters. The van der Waals surface area contributed by atoms with Crippen LogP contribution in [0.3, 0.4) is 0 Å². The Morgan fingerprint density at radius 3 is 2.20 bits per heavy atom. The molecule has 6 aromatic rings. The third-order valence-electron chi connectivity index (χ3n) is 8.50. The third kappa shape index (κ3) is 5.54. The van der Waals surface area contributed by atoms with Crippen LogP contribution in [0.25, 0.3) is 55.6 Å². The number of nitrogens with zero attached hydrogens (tertiary/aromatic N) is 1. The molecule has 0 radical (unpaired) electrons. The van der Waals surface area contributed by atoms with Crippen LogP contribution in [-0.2, 0) is 6.54 Å². The first-order valence-electron chi connectivity index (χ1n) is 15.5. The summed E-state index contributed by atoms with van der Waals surface area (Å²) in [7, 11) is 0. The third-order valence-corrected chi connectivity index (χ3v) is 8.50. The van der Waals surface area contributed by atoms with Gasteiger partial charge in [0.2, 0.25) is 0 Å². The number of rotatable bonds is 8. The summed E-state index contributed by atoms with van der Waals surface area (Å²) in [5, 5.41) is 9.47. The van der Waals surface area contributed by atoms with Crippen molar-refractivity contribution in [1.29, 1.82) is 0 Å². The maximum atomic E-state index is 6.57. The average molecular weight is 585 g/mol. The molecule has 1 aromatic heterocycles. The molecule has 220 valence electrons. The Bertz CT molecular complexity index is 2190. The molecule has 0 aliphatic carbocycles. The Hall–Kier alpha value is -5.74. The van der Waals surface area contributed by atoms with Crippen LogP contribution in [0, 0.1) is 0 Å². The van der Waals surface area contributed by atoms with E-state index in [0.29, 0.717) is 0 Å². The van der Waals surface area contributed by atoms with Crippen molar-refractivity contribution in [1.82, 2.24) is 9.88 Å². The molecule has 45 heavy (non-hydrogen) atoms. The van der Waals surface area contributed by atoms with E-state index in [4.69, 9.17) is 11.5 Å². The highest BCUT2D eigenvalue weighted by Gasteiger charge is 2.18. The molecule has 5 aromatic carbocycles. The minimum atomic E-state index is 0.740. The topological polar surface area (TPSA) is 69.0 Å². The lowest BCUT2D eigenvalue weighted by Gasteiger charge is -2.14. The van der Waals surface area contributed by atoms with Gasteiger partial charge in [-0.1, -0.05) is 103 Å². The van der Waals surface area contributed by atoms with Gasteiger partial charge in [-0.25, -0.2) is 0 Å². The summed E-state index contributed by atoms with van der Waals surface area (Å²) in [6.45, 7) is 0.826. The summed E-state index contributed by atoms with van der Waals surface area (Å²) >= 11 is 0. The van der Waals surface area contributed by atoms with Crippen molar-refractivity contribution in [3.8, 4) is 5.69 Å². The molecule has 7 rings (SSSR count). The van der Waals surface area contributed by atoms with Crippen molar-refractivity contribution < 1.29 is 0 Å². The summed E-state index contributed by atoms with van der Waals surface area (Å²) in [5.41, 5.74) is 21.5. The maximum Gasteiger partial charge on any atom is 0.0538 e. The van der Waals surface area contributed by atoms with Crippen molar-refractivity contribution in [2.24, 2.45) is 11.5 Å². The number of para-hydroxylation sites is 1. The highest BCUT2D eigenvalue weighted by Crippen LogP contribution is 2.33. The van der Waals surface area contributed by atoms with E-state index < -0.39 is 0 Å². The van der Waals surface area contributed by atoms with Gasteiger partial charge >= 0.3 is 0 Å². The number of nitrogens with one attached hydrogen (secondary N) is 1. The first-order valence-corrected chi connectivity index (χ1v) is 15.5. The normalized spacial score (nSPS) is 13.8. The van der Waals surface area contributed by atoms with E-state index in [1.807, 2.05) is 24.4 Å². The quantitative estimate of drug-likeness (QED) is 0.0949. The van der Waals surface area contributed by atoms with Gasteiger partial charge in [0, 0.05) is 40.1 Å². The summed E-state index contributed by atoms with van der Waals surface area (Å²) in [6, 6.07) is 36.1. The second-order valence-corrected chi connectivity index (χ2v) is 11.3. The summed E-state index contributed by atoms with van der Waals surface area (Å²) in [5.74, 6) is 0. The van der Waals surface area contributed by atoms with Gasteiger partial charge in [-0.15, -0.1) is 0 Å². The predicted octanol–water partition coefficient (Wildman–Crippen LogP) is 9.20. The van der Waals surface area contributed by atoms with Crippen LogP contribution >= 0.6 is 0 Å². The molecule has 0 fully saturated rings. The van der Waals surface area contributed by atoms with E-state index >= 15 is 0 Å². The highest BCUT2D eigenvalue weighted by molar-refractivity contribution is 6.11. The van der Waals surface area contributed by atoms with Crippen LogP contribution in [0.2, 0.25) is 0 Å². The van der Waals surface area contributed by atoms with E-state index in [-0.39, 0.29) is 0 Å². The molecule has 0 saturated heterocycles. The van der Waals surface area contributed by atoms with Crippen LogP contribution in [0.4, 0.5) is 0 Å². The Labute approximate surface area is 264 Å². The maximum absolute atomic E-state index is 6.57. The number of allylic oxidation sites excluding steroid dienone is 6. The van der Waals surface area contributed by atoms with Crippen molar-refractivity contribution in [3.05, 3.63) is 168 Å². The van der Waals surface area contributed by atoms with E-state index in [1.165, 1.54) is 43.7 Å². The van der Waals surface area contributed by atoms with Gasteiger partial charge in [0.1, 0.15) is 0 Å². The van der Waals surface area contributed by atoms with Gasteiger partial charge in [-0.05, 0) is 88.6 Å². The molecule has 1 aliphatic heterocycles. The Kier molecular flexibility index (Phi) is 7.78. The molecule has 1 aliphatic rings. The Morgan fingerprint density at radius 1 is 0.689 bits per heavy atom. The fraction of sp³-hybridized carbons (Fsp3) is 0.0732. The zero-order chi connectivity index (χ0) is 30.6. The lowest BCUT2D eigenvalue weighted by molar-refractivity contribution is 0.855. The monoisotopic (exact) mass is 584 g/mol. The van der Waals surface area contributed by atoms with Crippen LogP contribution in [0.15, 0.2) is 146 Å². The number of unbranched alkanes of at least 4 members (excludes halogenated alkanes) is 1. The standard InChI is InChI=1S/C41H36N4/c42-38(30-15-13-16-31(26-30)45-40-23-12-11-20-35(40)37-28-44-25-24-41(37)45)21-5-3-1-2-4-6-22-39(43)36-27-29-14-7-8-17-32(29)33-18-9-10-19-34(33)36/h3-27,44H,1-2,28,42-43H2/b5-3-,6-4-,38-21-,39-22-. The zero-order valence-electron chi connectivity index (χ0n) is 25.2. The van der Waals surface area contributed by atoms with E-state index in [9.17, 15) is 0 Å². The first-order chi connectivity index (χ1) is 22.2. The minimum absolute atomic E-state index is 0.740. The van der Waals surface area contributed by atoms with Gasteiger partial charge in [-0.2, -0.15) is 0 Å². The number of benzene rings is 5. The van der Waals surface area contributed by atoms with Gasteiger partial charge in [-0.3, -0.25) is 0 Å². The molecule has 2 heterocycles.